The molecule has 0 bridgehead atoms. The Bertz CT molecular complexity index is 1140. The first-order valence-electron chi connectivity index (χ1n) is 13.8. The molecule has 4 atom stereocenters. The molecule has 0 amide bonds. The van der Waals surface area contributed by atoms with Gasteiger partial charge in [-0.1, -0.05) is 78.8 Å². The van der Waals surface area contributed by atoms with E-state index in [2.05, 4.69) is 81.2 Å². The fourth-order valence-corrected chi connectivity index (χ4v) is 9.32. The summed E-state index contributed by atoms with van der Waals surface area (Å²) < 4.78 is 42.4. The van der Waals surface area contributed by atoms with Crippen molar-refractivity contribution in [1.29, 1.82) is 0 Å². The second-order valence-corrected chi connectivity index (χ2v) is 25.7. The summed E-state index contributed by atoms with van der Waals surface area (Å²) in [5, 5.41) is 0.0474. The van der Waals surface area contributed by atoms with Crippen molar-refractivity contribution < 1.29 is 17.3 Å². The maximum atomic E-state index is 14.2. The molecule has 1 fully saturated rings. The van der Waals surface area contributed by atoms with E-state index in [1.807, 2.05) is 6.07 Å². The molecule has 208 valence electrons. The van der Waals surface area contributed by atoms with E-state index in [1.165, 1.54) is 0 Å². The Kier molecular flexibility index (Phi) is 8.30. The average Bonchev–Trinajstić information content (AvgIpc) is 2.99. The molecule has 4 nitrogen and oxygen atoms in total. The minimum atomic E-state index is -3.71. The van der Waals surface area contributed by atoms with E-state index in [4.69, 9.17) is 8.85 Å². The highest BCUT2D eigenvalue weighted by molar-refractivity contribution is 7.95. The van der Waals surface area contributed by atoms with Gasteiger partial charge in [-0.15, -0.1) is 0 Å². The molecule has 3 rings (SSSR count). The highest BCUT2D eigenvalue weighted by Gasteiger charge is 2.53. The van der Waals surface area contributed by atoms with Gasteiger partial charge in [0.15, 0.2) is 8.32 Å². The second kappa shape index (κ2) is 10.1. The molecule has 0 unspecified atom stereocenters. The Morgan fingerprint density at radius 2 is 1.43 bits per heavy atom. The van der Waals surface area contributed by atoms with Crippen LogP contribution in [0.2, 0.25) is 36.3 Å². The van der Waals surface area contributed by atoms with Crippen LogP contribution in [0.3, 0.4) is 0 Å². The molecular weight excluding hydrogens is 513 g/mol. The van der Waals surface area contributed by atoms with Crippen molar-refractivity contribution >= 4 is 26.5 Å². The number of allylic oxidation sites excluding steroid dienone is 3. The van der Waals surface area contributed by atoms with Gasteiger partial charge in [-0.05, 0) is 79.5 Å². The topological polar surface area (TPSA) is 52.6 Å². The molecule has 7 heteroatoms. The molecule has 37 heavy (non-hydrogen) atoms. The molecule has 2 aliphatic rings. The van der Waals surface area contributed by atoms with Crippen LogP contribution in [0.4, 0.5) is 0 Å². The van der Waals surface area contributed by atoms with Crippen molar-refractivity contribution in [2.75, 3.05) is 0 Å². The Morgan fingerprint density at radius 1 is 0.892 bits per heavy atom. The Hall–Kier alpha value is -1.16. The minimum Gasteiger partial charge on any atom is -0.545 e. The minimum absolute atomic E-state index is 0.0487. The van der Waals surface area contributed by atoms with E-state index in [0.717, 1.165) is 12.0 Å². The molecule has 0 heterocycles. The van der Waals surface area contributed by atoms with Crippen LogP contribution in [-0.4, -0.2) is 31.2 Å². The lowest BCUT2D eigenvalue weighted by Gasteiger charge is -2.41. The van der Waals surface area contributed by atoms with Crippen LogP contribution in [0.25, 0.3) is 0 Å². The lowest BCUT2D eigenvalue weighted by atomic mass is 9.85. The molecule has 0 spiro atoms. The highest BCUT2D eigenvalue weighted by atomic mass is 32.2. The molecule has 2 aliphatic carbocycles. The summed E-state index contributed by atoms with van der Waals surface area (Å²) >= 11 is 0. The van der Waals surface area contributed by atoms with Crippen molar-refractivity contribution in [2.24, 2.45) is 17.8 Å². The van der Waals surface area contributed by atoms with Crippen LogP contribution in [0.5, 0.6) is 0 Å². The monoisotopic (exact) mass is 562 g/mol. The van der Waals surface area contributed by atoms with Crippen molar-refractivity contribution in [3.63, 3.8) is 0 Å². The van der Waals surface area contributed by atoms with E-state index < -0.39 is 26.5 Å². The number of hydrogen-bond acceptors (Lipinski definition) is 4. The van der Waals surface area contributed by atoms with E-state index in [9.17, 15) is 8.42 Å². The van der Waals surface area contributed by atoms with Gasteiger partial charge in [-0.3, -0.25) is 0 Å². The molecule has 0 radical (unpaired) electrons. The summed E-state index contributed by atoms with van der Waals surface area (Å²) in [4.78, 5) is 0.794. The summed E-state index contributed by atoms with van der Waals surface area (Å²) in [7, 11) is -8.05. The molecule has 0 N–H and O–H groups in total. The fourth-order valence-electron chi connectivity index (χ4n) is 5.09. The Balaban J connectivity index is 2.20. The van der Waals surface area contributed by atoms with Crippen LogP contribution in [0.15, 0.2) is 58.0 Å². The van der Waals surface area contributed by atoms with Crippen LogP contribution < -0.4 is 0 Å². The van der Waals surface area contributed by atoms with Crippen molar-refractivity contribution in [3.05, 3.63) is 53.1 Å². The first-order valence-corrected chi connectivity index (χ1v) is 21.1. The van der Waals surface area contributed by atoms with Crippen LogP contribution >= 0.6 is 0 Å². The molecule has 0 saturated heterocycles. The third kappa shape index (κ3) is 5.90. The molecule has 0 aliphatic heterocycles. The predicted molar refractivity (Wildman–Crippen MR) is 160 cm³/mol. The van der Waals surface area contributed by atoms with E-state index in [0.29, 0.717) is 28.4 Å². The van der Waals surface area contributed by atoms with Gasteiger partial charge < -0.3 is 8.85 Å². The Morgan fingerprint density at radius 3 is 1.95 bits per heavy atom. The van der Waals surface area contributed by atoms with Crippen LogP contribution in [-0.2, 0) is 18.7 Å². The third-order valence-electron chi connectivity index (χ3n) is 9.65. The van der Waals surface area contributed by atoms with Gasteiger partial charge in [-0.2, -0.15) is 0 Å². The zero-order valence-electron chi connectivity index (χ0n) is 25.1. The van der Waals surface area contributed by atoms with Crippen molar-refractivity contribution in [3.8, 4) is 0 Å². The second-order valence-electron chi connectivity index (χ2n) is 14.3. The summed E-state index contributed by atoms with van der Waals surface area (Å²) in [6, 6.07) is 8.84. The SMILES string of the molecule is C=C1CCC(S(=O)(=O)c2ccccc2)=C(O[Si](C)(C)C(C)(C)C)[C@@H]2[C@H](C)[C@H](O[Si](C)(C)C(C)(C)C)C[C@H]12. The number of fused-ring (bicyclic) bond motifs is 1. The smallest absolute Gasteiger partial charge is 0.250 e. The largest absolute Gasteiger partial charge is 0.545 e. The van der Waals surface area contributed by atoms with Gasteiger partial charge in [-0.25, -0.2) is 8.42 Å². The number of sulfone groups is 1. The van der Waals surface area contributed by atoms with Crippen molar-refractivity contribution in [1.82, 2.24) is 0 Å². The molecule has 1 saturated carbocycles. The summed E-state index contributed by atoms with van der Waals surface area (Å²) in [5.74, 6) is 0.947. The zero-order valence-corrected chi connectivity index (χ0v) is 27.9. The average molecular weight is 563 g/mol. The molecule has 1 aromatic carbocycles. The standard InChI is InChI=1S/C30H50O4SSi2/c1-21-18-19-26(35(31,32)23-16-14-13-15-17-23)28(34-37(11,12)30(6,7)8)27-22(2)25(20-24(21)27)33-36(9,10)29(3,4)5/h13-17,22,24-25,27H,1,18-20H2,2-12H3/t22-,24-,25-,27-/m1/s1. The van der Waals surface area contributed by atoms with Gasteiger partial charge in [0.1, 0.15) is 0 Å². The van der Waals surface area contributed by atoms with Gasteiger partial charge in [0.05, 0.1) is 15.6 Å². The quantitative estimate of drug-likeness (QED) is 0.257. The lowest BCUT2D eigenvalue weighted by molar-refractivity contribution is 0.132. The summed E-state index contributed by atoms with van der Waals surface area (Å²) in [5.41, 5.74) is 1.13. The van der Waals surface area contributed by atoms with Crippen LogP contribution in [0.1, 0.15) is 67.7 Å². The molecule has 1 aromatic rings. The van der Waals surface area contributed by atoms with Gasteiger partial charge >= 0.3 is 0 Å². The van der Waals surface area contributed by atoms with E-state index >= 15 is 0 Å². The fraction of sp³-hybridized carbons (Fsp3) is 0.667. The number of rotatable bonds is 6. The maximum absolute atomic E-state index is 14.2. The molecular formula is C30H50O4SSi2. The number of benzene rings is 1. The summed E-state index contributed by atoms with van der Waals surface area (Å²) in [6.07, 6.45) is 2.03. The first kappa shape index (κ1) is 30.4. The van der Waals surface area contributed by atoms with Crippen LogP contribution in [0, 0.1) is 17.8 Å². The Labute approximate surface area is 229 Å². The van der Waals surface area contributed by atoms with E-state index in [1.54, 1.807) is 24.3 Å². The number of hydrogen-bond donors (Lipinski definition) is 0. The summed E-state index contributed by atoms with van der Waals surface area (Å²) in [6.45, 7) is 29.2. The highest BCUT2D eigenvalue weighted by Crippen LogP contribution is 2.54. The normalized spacial score (nSPS) is 26.2. The molecule has 0 aromatic heterocycles. The zero-order chi connectivity index (χ0) is 28.2. The van der Waals surface area contributed by atoms with Gasteiger partial charge in [0, 0.05) is 12.0 Å². The first-order chi connectivity index (χ1) is 16.7. The van der Waals surface area contributed by atoms with Crippen molar-refractivity contribution in [2.45, 2.75) is 115 Å². The predicted octanol–water partition coefficient (Wildman–Crippen LogP) is 8.71. The maximum Gasteiger partial charge on any atom is 0.250 e. The van der Waals surface area contributed by atoms with E-state index in [-0.39, 0.29) is 33.9 Å². The third-order valence-corrected chi connectivity index (χ3v) is 20.4. The lowest BCUT2D eigenvalue weighted by Crippen LogP contribution is -2.45. The van der Waals surface area contributed by atoms with Gasteiger partial charge in [0.25, 0.3) is 0 Å². The van der Waals surface area contributed by atoms with Gasteiger partial charge in [0.2, 0.25) is 18.2 Å².